The zero-order chi connectivity index (χ0) is 32.9. The molecule has 46 heavy (non-hydrogen) atoms. The van der Waals surface area contributed by atoms with Crippen LogP contribution in [0, 0.1) is 5.92 Å². The molecule has 0 bridgehead atoms. The Bertz CT molecular complexity index is 1260. The molecule has 252 valence electrons. The lowest BCUT2D eigenvalue weighted by Gasteiger charge is -2.37. The number of piperazine rings is 1. The number of benzene rings is 1. The maximum absolute atomic E-state index is 13.9. The van der Waals surface area contributed by atoms with Crippen molar-refractivity contribution in [2.75, 3.05) is 37.6 Å². The van der Waals surface area contributed by atoms with Crippen LogP contribution in [0.2, 0.25) is 0 Å². The Balaban J connectivity index is 1.43. The van der Waals surface area contributed by atoms with Gasteiger partial charge in [-0.3, -0.25) is 19.4 Å². The lowest BCUT2D eigenvalue weighted by molar-refractivity contribution is -0.137. The number of aromatic hydroxyl groups is 1. The molecule has 1 aliphatic carbocycles. The van der Waals surface area contributed by atoms with E-state index >= 15 is 0 Å². The molecule has 2 aliphatic rings. The summed E-state index contributed by atoms with van der Waals surface area (Å²) in [5.41, 5.74) is 7.57. The molecular formula is C34H48Br2N6O4. The maximum Gasteiger partial charge on any atom is 0.245 e. The van der Waals surface area contributed by atoms with Crippen LogP contribution in [0.4, 0.5) is 5.69 Å². The standard InChI is InChI=1S/C34H48Br2N6O4/c35-27-21-25(22-28(36)32(27)44)23-30(39-31(43)11-6-9-24-7-2-1-3-8-24)33(45)40-29(10-4-5-14-37)34(46)42-19-17-41(18-20-42)26-12-15-38-16-13-26/h12-13,15-16,21-22,24,29-30,44H,1-11,14,17-20,23,37H2,(H,39,43)(H,40,45)/t29-,30-/m0/s1. The van der Waals surface area contributed by atoms with Crippen LogP contribution in [-0.4, -0.2) is 77.5 Å². The molecule has 2 fully saturated rings. The van der Waals surface area contributed by atoms with E-state index in [2.05, 4.69) is 52.4 Å². The molecule has 1 saturated heterocycles. The number of carbonyl (C=O) groups excluding carboxylic acids is 3. The van der Waals surface area contributed by atoms with Crippen LogP contribution in [0.3, 0.4) is 0 Å². The van der Waals surface area contributed by atoms with Crippen LogP contribution in [0.15, 0.2) is 45.6 Å². The molecule has 1 aliphatic heterocycles. The fourth-order valence-electron chi connectivity index (χ4n) is 6.46. The Hall–Kier alpha value is -2.70. The number of hydrogen-bond acceptors (Lipinski definition) is 7. The summed E-state index contributed by atoms with van der Waals surface area (Å²) >= 11 is 6.74. The fraction of sp³-hybridized carbons (Fsp3) is 0.588. The number of anilines is 1. The molecule has 12 heteroatoms. The Morgan fingerprint density at radius 1 is 0.935 bits per heavy atom. The summed E-state index contributed by atoms with van der Waals surface area (Å²) in [7, 11) is 0. The highest BCUT2D eigenvalue weighted by molar-refractivity contribution is 9.11. The Morgan fingerprint density at radius 3 is 2.26 bits per heavy atom. The number of carbonyl (C=O) groups is 3. The Kier molecular flexibility index (Phi) is 14.6. The highest BCUT2D eigenvalue weighted by atomic mass is 79.9. The van der Waals surface area contributed by atoms with Crippen LogP contribution in [-0.2, 0) is 20.8 Å². The maximum atomic E-state index is 13.9. The van der Waals surface area contributed by atoms with Gasteiger partial charge in [-0.15, -0.1) is 0 Å². The number of pyridine rings is 1. The van der Waals surface area contributed by atoms with Crippen molar-refractivity contribution in [3.63, 3.8) is 0 Å². The molecule has 3 amide bonds. The molecule has 5 N–H and O–H groups in total. The molecular weight excluding hydrogens is 716 g/mol. The van der Waals surface area contributed by atoms with Crippen LogP contribution >= 0.6 is 31.9 Å². The zero-order valence-electron chi connectivity index (χ0n) is 26.6. The molecule has 10 nitrogen and oxygen atoms in total. The van der Waals surface area contributed by atoms with Gasteiger partial charge >= 0.3 is 0 Å². The third kappa shape index (κ3) is 10.9. The quantitative estimate of drug-likeness (QED) is 0.186. The second-order valence-electron chi connectivity index (χ2n) is 12.5. The average Bonchev–Trinajstić information content (AvgIpc) is 3.07. The average molecular weight is 765 g/mol. The largest absolute Gasteiger partial charge is 0.506 e. The summed E-state index contributed by atoms with van der Waals surface area (Å²) in [4.78, 5) is 49.0. The second kappa shape index (κ2) is 18.6. The molecule has 1 aromatic heterocycles. The van der Waals surface area contributed by atoms with Crippen LogP contribution in [0.5, 0.6) is 5.75 Å². The number of nitrogens with zero attached hydrogens (tertiary/aromatic N) is 3. The van der Waals surface area contributed by atoms with E-state index in [0.29, 0.717) is 66.8 Å². The summed E-state index contributed by atoms with van der Waals surface area (Å²) in [5.74, 6) is 0.0475. The molecule has 4 rings (SSSR count). The van der Waals surface area contributed by atoms with Gasteiger partial charge in [0.2, 0.25) is 17.7 Å². The normalized spacial score (nSPS) is 16.9. The van der Waals surface area contributed by atoms with Crippen molar-refractivity contribution in [3.8, 4) is 5.75 Å². The number of unbranched alkanes of at least 4 members (excludes halogenated alkanes) is 1. The molecule has 0 unspecified atom stereocenters. The van der Waals surface area contributed by atoms with E-state index in [4.69, 9.17) is 5.73 Å². The molecule has 0 spiro atoms. The van der Waals surface area contributed by atoms with E-state index in [0.717, 1.165) is 30.5 Å². The molecule has 1 saturated carbocycles. The summed E-state index contributed by atoms with van der Waals surface area (Å²) in [5, 5.41) is 16.2. The van der Waals surface area contributed by atoms with Crippen molar-refractivity contribution in [1.82, 2.24) is 20.5 Å². The van der Waals surface area contributed by atoms with E-state index in [-0.39, 0.29) is 24.0 Å². The van der Waals surface area contributed by atoms with Gasteiger partial charge in [0.25, 0.3) is 0 Å². The van der Waals surface area contributed by atoms with Crippen molar-refractivity contribution in [1.29, 1.82) is 0 Å². The number of aromatic nitrogens is 1. The van der Waals surface area contributed by atoms with E-state index < -0.39 is 18.0 Å². The first-order valence-corrected chi connectivity index (χ1v) is 18.2. The number of halogens is 2. The highest BCUT2D eigenvalue weighted by Gasteiger charge is 2.31. The lowest BCUT2D eigenvalue weighted by atomic mass is 9.86. The predicted molar refractivity (Wildman–Crippen MR) is 187 cm³/mol. The lowest BCUT2D eigenvalue weighted by Crippen LogP contribution is -2.57. The van der Waals surface area contributed by atoms with Gasteiger partial charge in [-0.2, -0.15) is 0 Å². The number of hydrogen-bond donors (Lipinski definition) is 4. The van der Waals surface area contributed by atoms with Crippen LogP contribution in [0.25, 0.3) is 0 Å². The first kappa shape index (κ1) is 36.1. The first-order chi connectivity index (χ1) is 22.2. The molecule has 2 heterocycles. The monoisotopic (exact) mass is 762 g/mol. The third-order valence-electron chi connectivity index (χ3n) is 9.09. The van der Waals surface area contributed by atoms with E-state index in [1.807, 2.05) is 17.0 Å². The Labute approximate surface area is 289 Å². The van der Waals surface area contributed by atoms with E-state index in [1.54, 1.807) is 24.5 Å². The molecule has 1 aromatic carbocycles. The topological polar surface area (TPSA) is 141 Å². The van der Waals surface area contributed by atoms with Gasteiger partial charge in [-0.1, -0.05) is 32.1 Å². The fourth-order valence-corrected chi connectivity index (χ4v) is 7.74. The van der Waals surface area contributed by atoms with Crippen molar-refractivity contribution in [3.05, 3.63) is 51.2 Å². The van der Waals surface area contributed by atoms with Gasteiger partial charge in [-0.25, -0.2) is 0 Å². The minimum Gasteiger partial charge on any atom is -0.506 e. The van der Waals surface area contributed by atoms with Gasteiger partial charge in [0, 0.05) is 57.1 Å². The minimum atomic E-state index is -0.890. The van der Waals surface area contributed by atoms with Gasteiger partial charge in [0.05, 0.1) is 8.95 Å². The number of nitrogens with two attached hydrogens (primary N) is 1. The van der Waals surface area contributed by atoms with Crippen molar-refractivity contribution >= 4 is 55.3 Å². The van der Waals surface area contributed by atoms with E-state index in [9.17, 15) is 19.5 Å². The summed E-state index contributed by atoms with van der Waals surface area (Å²) in [6, 6.07) is 5.78. The van der Waals surface area contributed by atoms with E-state index in [1.165, 1.54) is 32.1 Å². The van der Waals surface area contributed by atoms with Crippen molar-refractivity contribution < 1.29 is 19.5 Å². The number of phenols is 1. The summed E-state index contributed by atoms with van der Waals surface area (Å²) < 4.78 is 0.964. The van der Waals surface area contributed by atoms with Gasteiger partial charge in [0.15, 0.2) is 0 Å². The van der Waals surface area contributed by atoms with Gasteiger partial charge in [0.1, 0.15) is 17.8 Å². The second-order valence-corrected chi connectivity index (χ2v) is 14.2. The number of phenolic OH excluding ortho intramolecular Hbond substituents is 1. The Morgan fingerprint density at radius 2 is 1.61 bits per heavy atom. The number of amides is 3. The minimum absolute atomic E-state index is 0.0612. The highest BCUT2D eigenvalue weighted by Crippen LogP contribution is 2.34. The first-order valence-electron chi connectivity index (χ1n) is 16.7. The number of rotatable bonds is 15. The van der Waals surface area contributed by atoms with Gasteiger partial charge in [-0.05, 0) is 106 Å². The van der Waals surface area contributed by atoms with Crippen molar-refractivity contribution in [2.24, 2.45) is 11.7 Å². The smallest absolute Gasteiger partial charge is 0.245 e. The number of nitrogens with one attached hydrogen (secondary N) is 2. The zero-order valence-corrected chi connectivity index (χ0v) is 29.7. The molecule has 2 aromatic rings. The van der Waals surface area contributed by atoms with Crippen LogP contribution in [0.1, 0.15) is 76.2 Å². The van der Waals surface area contributed by atoms with Crippen LogP contribution < -0.4 is 21.3 Å². The molecule has 2 atom stereocenters. The predicted octanol–water partition coefficient (Wildman–Crippen LogP) is 5.05. The molecule has 0 radical (unpaired) electrons. The summed E-state index contributed by atoms with van der Waals surface area (Å²) in [6.45, 7) is 2.96. The SMILES string of the molecule is NCCCC[C@H](NC(=O)[C@H](Cc1cc(Br)c(O)c(Br)c1)NC(=O)CCCC1CCCCC1)C(=O)N1CCN(c2ccncc2)CC1. The van der Waals surface area contributed by atoms with Gasteiger partial charge < -0.3 is 31.3 Å². The summed E-state index contributed by atoms with van der Waals surface area (Å²) in [6.07, 6.45) is 14.1. The van der Waals surface area contributed by atoms with Crippen molar-refractivity contribution in [2.45, 2.75) is 89.1 Å². The third-order valence-corrected chi connectivity index (χ3v) is 10.3.